The van der Waals surface area contributed by atoms with Gasteiger partial charge in [0.15, 0.2) is 5.58 Å². The first-order chi connectivity index (χ1) is 12.1. The molecule has 2 aromatic heterocycles. The highest BCUT2D eigenvalue weighted by atomic mass is 16.5. The third-order valence-electron chi connectivity index (χ3n) is 4.24. The van der Waals surface area contributed by atoms with Crippen LogP contribution in [0, 0.1) is 13.8 Å². The van der Waals surface area contributed by atoms with Crippen LogP contribution in [-0.4, -0.2) is 11.1 Å². The van der Waals surface area contributed by atoms with Crippen molar-refractivity contribution >= 4 is 22.6 Å². The average molecular weight is 332 g/mol. The Morgan fingerprint density at radius 3 is 2.76 bits per heavy atom. The van der Waals surface area contributed by atoms with Crippen molar-refractivity contribution in [2.45, 2.75) is 13.8 Å². The second kappa shape index (κ2) is 5.94. The predicted molar refractivity (Wildman–Crippen MR) is 95.6 cm³/mol. The maximum Gasteiger partial charge on any atom is 0.258 e. The second-order valence-electron chi connectivity index (χ2n) is 5.97. The molecule has 0 radical (unpaired) electrons. The summed E-state index contributed by atoms with van der Waals surface area (Å²) in [7, 11) is 0. The molecule has 5 nitrogen and oxygen atoms in total. The Morgan fingerprint density at radius 1 is 1.08 bits per heavy atom. The van der Waals surface area contributed by atoms with Gasteiger partial charge < -0.3 is 14.3 Å². The van der Waals surface area contributed by atoms with Crippen LogP contribution in [0.4, 0.5) is 5.69 Å². The minimum absolute atomic E-state index is 0.204. The summed E-state index contributed by atoms with van der Waals surface area (Å²) in [5.41, 5.74) is 5.99. The number of aryl methyl sites for hydroxylation is 2. The summed E-state index contributed by atoms with van der Waals surface area (Å²) in [6.07, 6.45) is 2.90. The molecule has 0 atom stereocenters. The van der Waals surface area contributed by atoms with E-state index in [1.165, 1.54) is 12.5 Å². The quantitative estimate of drug-likeness (QED) is 0.576. The minimum Gasteiger partial charge on any atom is -0.472 e. The van der Waals surface area contributed by atoms with Gasteiger partial charge in [-0.2, -0.15) is 0 Å². The molecule has 0 unspecified atom stereocenters. The molecule has 0 aliphatic rings. The van der Waals surface area contributed by atoms with Crippen LogP contribution in [0.1, 0.15) is 21.6 Å². The van der Waals surface area contributed by atoms with Crippen molar-refractivity contribution in [3.05, 3.63) is 71.8 Å². The van der Waals surface area contributed by atoms with Crippen LogP contribution in [0.3, 0.4) is 0 Å². The van der Waals surface area contributed by atoms with Crippen molar-refractivity contribution in [1.29, 1.82) is 0 Å². The summed E-state index contributed by atoms with van der Waals surface area (Å²) >= 11 is 0. The first-order valence-corrected chi connectivity index (χ1v) is 7.92. The number of anilines is 1. The molecule has 0 aliphatic carbocycles. The van der Waals surface area contributed by atoms with Gasteiger partial charge in [0.05, 0.1) is 17.5 Å². The summed E-state index contributed by atoms with van der Waals surface area (Å²) < 4.78 is 10.3. The number of furan rings is 1. The molecule has 2 heterocycles. The molecule has 0 aliphatic heterocycles. The summed E-state index contributed by atoms with van der Waals surface area (Å²) in [6.45, 7) is 3.95. The van der Waals surface area contributed by atoms with Crippen molar-refractivity contribution < 1.29 is 13.7 Å². The Morgan fingerprint density at radius 2 is 1.96 bits per heavy atom. The van der Waals surface area contributed by atoms with Crippen molar-refractivity contribution in [1.82, 2.24) is 5.16 Å². The second-order valence-corrected chi connectivity index (χ2v) is 5.97. The molecule has 1 amide bonds. The van der Waals surface area contributed by atoms with Crippen LogP contribution in [0.5, 0.6) is 0 Å². The molecule has 0 saturated carbocycles. The van der Waals surface area contributed by atoms with Crippen molar-refractivity contribution in [2.75, 3.05) is 5.32 Å². The van der Waals surface area contributed by atoms with Crippen LogP contribution in [0.15, 0.2) is 63.9 Å². The van der Waals surface area contributed by atoms with E-state index in [0.717, 1.165) is 39.0 Å². The fraction of sp³-hybridized carbons (Fsp3) is 0.100. The first kappa shape index (κ1) is 15.2. The normalized spacial score (nSPS) is 11.0. The van der Waals surface area contributed by atoms with Gasteiger partial charge >= 0.3 is 0 Å². The number of hydrogen-bond acceptors (Lipinski definition) is 4. The average Bonchev–Trinajstić information content (AvgIpc) is 3.27. The third-order valence-corrected chi connectivity index (χ3v) is 4.24. The Hall–Kier alpha value is -3.34. The number of nitrogens with one attached hydrogen (secondary N) is 1. The number of carbonyl (C=O) groups is 1. The number of aromatic nitrogens is 1. The molecule has 0 fully saturated rings. The van der Waals surface area contributed by atoms with Crippen LogP contribution < -0.4 is 5.32 Å². The van der Waals surface area contributed by atoms with Gasteiger partial charge in [0.1, 0.15) is 6.26 Å². The molecular formula is C20H16N2O3. The minimum atomic E-state index is -0.204. The van der Waals surface area contributed by atoms with Gasteiger partial charge in [-0.1, -0.05) is 17.3 Å². The van der Waals surface area contributed by atoms with E-state index < -0.39 is 0 Å². The van der Waals surface area contributed by atoms with Gasteiger partial charge in [0.25, 0.3) is 5.91 Å². The number of amides is 1. The smallest absolute Gasteiger partial charge is 0.258 e. The molecule has 0 saturated heterocycles. The molecule has 124 valence electrons. The summed E-state index contributed by atoms with van der Waals surface area (Å²) in [6, 6.07) is 13.5. The van der Waals surface area contributed by atoms with Crippen LogP contribution in [-0.2, 0) is 0 Å². The lowest BCUT2D eigenvalue weighted by atomic mass is 9.99. The van der Waals surface area contributed by atoms with E-state index in [1.54, 1.807) is 6.07 Å². The fourth-order valence-electron chi connectivity index (χ4n) is 2.84. The van der Waals surface area contributed by atoms with E-state index in [1.807, 2.05) is 50.2 Å². The predicted octanol–water partition coefficient (Wildman–Crippen LogP) is 4.96. The fourth-order valence-corrected chi connectivity index (χ4v) is 2.84. The third kappa shape index (κ3) is 2.80. The Kier molecular flexibility index (Phi) is 3.61. The highest BCUT2D eigenvalue weighted by Crippen LogP contribution is 2.30. The lowest BCUT2D eigenvalue weighted by Crippen LogP contribution is -2.10. The van der Waals surface area contributed by atoms with Crippen LogP contribution in [0.25, 0.3) is 22.1 Å². The monoisotopic (exact) mass is 332 g/mol. The van der Waals surface area contributed by atoms with E-state index >= 15 is 0 Å². The van der Waals surface area contributed by atoms with Gasteiger partial charge in [0, 0.05) is 11.1 Å². The number of nitrogens with zero attached hydrogens (tertiary/aromatic N) is 1. The van der Waals surface area contributed by atoms with E-state index in [-0.39, 0.29) is 5.91 Å². The summed E-state index contributed by atoms with van der Waals surface area (Å²) in [5, 5.41) is 7.89. The van der Waals surface area contributed by atoms with Gasteiger partial charge in [-0.15, -0.1) is 0 Å². The molecular weight excluding hydrogens is 316 g/mol. The van der Waals surface area contributed by atoms with Crippen molar-refractivity contribution in [3.8, 4) is 11.1 Å². The first-order valence-electron chi connectivity index (χ1n) is 7.92. The number of carbonyl (C=O) groups excluding carboxylic acids is 1. The van der Waals surface area contributed by atoms with E-state index in [9.17, 15) is 4.79 Å². The summed E-state index contributed by atoms with van der Waals surface area (Å²) in [4.78, 5) is 12.2. The van der Waals surface area contributed by atoms with Crippen molar-refractivity contribution in [2.24, 2.45) is 0 Å². The largest absolute Gasteiger partial charge is 0.472 e. The number of benzene rings is 2. The van der Waals surface area contributed by atoms with Gasteiger partial charge in [-0.05, 0) is 60.9 Å². The van der Waals surface area contributed by atoms with Gasteiger partial charge in [0.2, 0.25) is 0 Å². The number of hydrogen-bond donors (Lipinski definition) is 1. The lowest BCUT2D eigenvalue weighted by molar-refractivity contribution is 0.102. The molecule has 4 rings (SSSR count). The van der Waals surface area contributed by atoms with Crippen LogP contribution >= 0.6 is 0 Å². The van der Waals surface area contributed by atoms with E-state index in [2.05, 4.69) is 10.5 Å². The molecule has 5 heteroatoms. The molecule has 4 aromatic rings. The number of fused-ring (bicyclic) bond motifs is 1. The van der Waals surface area contributed by atoms with E-state index in [0.29, 0.717) is 5.56 Å². The Balaban J connectivity index is 1.70. The highest BCUT2D eigenvalue weighted by Gasteiger charge is 2.11. The van der Waals surface area contributed by atoms with Gasteiger partial charge in [-0.25, -0.2) is 0 Å². The lowest BCUT2D eigenvalue weighted by Gasteiger charge is -2.10. The molecule has 2 aromatic carbocycles. The number of rotatable bonds is 3. The Bertz CT molecular complexity index is 1060. The highest BCUT2D eigenvalue weighted by molar-refractivity contribution is 6.04. The SMILES string of the molecule is Cc1ccc(NC(=O)c2ccoc2)cc1-c1ccc2c(C)noc2c1. The standard InChI is InChI=1S/C20H16N2O3/c1-12-3-5-16(21-20(23)15-7-8-24-11-15)10-18(12)14-4-6-17-13(2)22-25-19(17)9-14/h3-11H,1-2H3,(H,21,23). The zero-order valence-electron chi connectivity index (χ0n) is 13.9. The van der Waals surface area contributed by atoms with Gasteiger partial charge in [-0.3, -0.25) is 4.79 Å². The molecule has 0 bridgehead atoms. The summed E-state index contributed by atoms with van der Waals surface area (Å²) in [5.74, 6) is -0.204. The zero-order valence-corrected chi connectivity index (χ0v) is 13.9. The maximum absolute atomic E-state index is 12.2. The molecule has 1 N–H and O–H groups in total. The Labute approximate surface area is 144 Å². The van der Waals surface area contributed by atoms with Crippen molar-refractivity contribution in [3.63, 3.8) is 0 Å². The van der Waals surface area contributed by atoms with Crippen LogP contribution in [0.2, 0.25) is 0 Å². The molecule has 0 spiro atoms. The molecule has 25 heavy (non-hydrogen) atoms. The maximum atomic E-state index is 12.2. The zero-order chi connectivity index (χ0) is 17.4. The topological polar surface area (TPSA) is 68.3 Å². The van der Waals surface area contributed by atoms with E-state index in [4.69, 9.17) is 8.94 Å².